The molecule has 0 bridgehead atoms. The number of alkyl halides is 3. The number of hydrogen-bond donors (Lipinski definition) is 2. The number of piperazine rings is 1. The highest BCUT2D eigenvalue weighted by atomic mass is 19.4. The van der Waals surface area contributed by atoms with E-state index in [1.54, 1.807) is 14.0 Å². The van der Waals surface area contributed by atoms with Crippen LogP contribution in [-0.4, -0.2) is 70.7 Å². The van der Waals surface area contributed by atoms with Crippen molar-refractivity contribution in [3.8, 4) is 0 Å². The molecule has 1 atom stereocenters. The lowest BCUT2D eigenvalue weighted by Crippen LogP contribution is -2.57. The van der Waals surface area contributed by atoms with Crippen LogP contribution in [0.3, 0.4) is 0 Å². The number of hydrogen-bond acceptors (Lipinski definition) is 5. The van der Waals surface area contributed by atoms with Gasteiger partial charge in [-0.05, 0) is 6.92 Å². The van der Waals surface area contributed by atoms with Gasteiger partial charge in [0.2, 0.25) is 0 Å². The first-order valence-electron chi connectivity index (χ1n) is 6.96. The molecule has 0 aliphatic carbocycles. The van der Waals surface area contributed by atoms with Crippen molar-refractivity contribution in [3.63, 3.8) is 0 Å². The van der Waals surface area contributed by atoms with Gasteiger partial charge in [0.25, 0.3) is 5.91 Å². The van der Waals surface area contributed by atoms with E-state index in [9.17, 15) is 18.0 Å². The number of carbonyl (C=O) groups is 1. The Morgan fingerprint density at radius 3 is 2.55 bits per heavy atom. The molecule has 124 valence electrons. The lowest BCUT2D eigenvalue weighted by Gasteiger charge is -2.35. The summed E-state index contributed by atoms with van der Waals surface area (Å²) in [6.45, 7) is 2.73. The van der Waals surface area contributed by atoms with Crippen LogP contribution in [0.1, 0.15) is 16.2 Å². The van der Waals surface area contributed by atoms with E-state index < -0.39 is 24.7 Å². The second-order valence-corrected chi connectivity index (χ2v) is 5.20. The minimum Gasteiger partial charge on any atom is -0.349 e. The smallest absolute Gasteiger partial charge is 0.349 e. The highest BCUT2D eigenvalue weighted by molar-refractivity contribution is 5.93. The summed E-state index contributed by atoms with van der Waals surface area (Å²) in [5.41, 5.74) is 0.548. The molecule has 7 nitrogen and oxygen atoms in total. The Morgan fingerprint density at radius 1 is 1.41 bits per heavy atom. The molecule has 0 saturated carbocycles. The van der Waals surface area contributed by atoms with Crippen LogP contribution in [0.5, 0.6) is 0 Å². The lowest BCUT2D eigenvalue weighted by atomic mass is 10.2. The topological polar surface area (TPSA) is 75.1 Å². The van der Waals surface area contributed by atoms with Gasteiger partial charge in [0.15, 0.2) is 5.69 Å². The zero-order valence-corrected chi connectivity index (χ0v) is 12.4. The van der Waals surface area contributed by atoms with Crippen LogP contribution in [0.15, 0.2) is 0 Å². The minimum atomic E-state index is -4.40. The van der Waals surface area contributed by atoms with E-state index in [2.05, 4.69) is 20.9 Å². The van der Waals surface area contributed by atoms with E-state index in [4.69, 9.17) is 0 Å². The van der Waals surface area contributed by atoms with E-state index in [0.717, 1.165) is 0 Å². The lowest BCUT2D eigenvalue weighted by molar-refractivity contribution is -0.183. The largest absolute Gasteiger partial charge is 0.405 e. The van der Waals surface area contributed by atoms with Gasteiger partial charge in [0, 0.05) is 39.8 Å². The summed E-state index contributed by atoms with van der Waals surface area (Å²) in [5.74, 6) is -0.644. The first kappa shape index (κ1) is 16.7. The number of amides is 1. The fraction of sp³-hybridized carbons (Fsp3) is 0.750. The number of aromatic nitrogens is 3. The van der Waals surface area contributed by atoms with Crippen molar-refractivity contribution in [1.29, 1.82) is 0 Å². The molecule has 1 aliphatic rings. The molecule has 1 saturated heterocycles. The number of aryl methyl sites for hydroxylation is 1. The van der Waals surface area contributed by atoms with Crippen LogP contribution in [0.4, 0.5) is 13.2 Å². The quantitative estimate of drug-likeness (QED) is 0.796. The predicted octanol–water partition coefficient (Wildman–Crippen LogP) is -0.311. The van der Waals surface area contributed by atoms with Gasteiger partial charge in [-0.15, -0.1) is 5.10 Å². The van der Waals surface area contributed by atoms with Crippen LogP contribution in [-0.2, 0) is 7.05 Å². The van der Waals surface area contributed by atoms with Gasteiger partial charge in [-0.1, -0.05) is 5.21 Å². The van der Waals surface area contributed by atoms with Crippen LogP contribution < -0.4 is 10.6 Å². The van der Waals surface area contributed by atoms with Crippen molar-refractivity contribution in [2.45, 2.75) is 19.1 Å². The molecular weight excluding hydrogens is 301 g/mol. The molecule has 2 N–H and O–H groups in total. The van der Waals surface area contributed by atoms with Crippen LogP contribution in [0, 0.1) is 6.92 Å². The first-order valence-corrected chi connectivity index (χ1v) is 6.96. The monoisotopic (exact) mass is 320 g/mol. The average Bonchev–Trinajstić information content (AvgIpc) is 2.79. The zero-order chi connectivity index (χ0) is 16.3. The van der Waals surface area contributed by atoms with E-state index in [1.807, 2.05) is 0 Å². The second kappa shape index (κ2) is 6.61. The molecule has 1 aromatic rings. The number of nitrogens with zero attached hydrogens (tertiary/aromatic N) is 4. The van der Waals surface area contributed by atoms with Crippen LogP contribution in [0.25, 0.3) is 0 Å². The summed E-state index contributed by atoms with van der Waals surface area (Å²) in [4.78, 5) is 13.3. The maximum Gasteiger partial charge on any atom is 0.405 e. The molecule has 1 aromatic heterocycles. The molecule has 2 rings (SSSR count). The van der Waals surface area contributed by atoms with Gasteiger partial charge < -0.3 is 10.6 Å². The molecule has 0 spiro atoms. The Bertz CT molecular complexity index is 523. The van der Waals surface area contributed by atoms with Crippen LogP contribution >= 0.6 is 0 Å². The van der Waals surface area contributed by atoms with E-state index in [1.165, 1.54) is 9.58 Å². The highest BCUT2D eigenvalue weighted by Crippen LogP contribution is 2.24. The van der Waals surface area contributed by atoms with Crippen molar-refractivity contribution in [2.24, 2.45) is 7.05 Å². The maximum absolute atomic E-state index is 13.2. The van der Waals surface area contributed by atoms with Gasteiger partial charge in [-0.3, -0.25) is 14.4 Å². The summed E-state index contributed by atoms with van der Waals surface area (Å²) in [5, 5.41) is 12.7. The highest BCUT2D eigenvalue weighted by Gasteiger charge is 2.43. The number of carbonyl (C=O) groups excluding carboxylic acids is 1. The SMILES string of the molecule is Cc1c(C(=O)NCC(N2CCNCC2)C(F)(F)F)nnn1C. The van der Waals surface area contributed by atoms with Gasteiger partial charge in [0.1, 0.15) is 6.04 Å². The average molecular weight is 320 g/mol. The van der Waals surface area contributed by atoms with Gasteiger partial charge >= 0.3 is 6.18 Å². The normalized spacial score (nSPS) is 18.2. The van der Waals surface area contributed by atoms with E-state index >= 15 is 0 Å². The number of halogens is 3. The molecule has 0 radical (unpaired) electrons. The molecule has 1 fully saturated rings. The third kappa shape index (κ3) is 3.74. The van der Waals surface area contributed by atoms with E-state index in [-0.39, 0.29) is 5.69 Å². The molecule has 10 heteroatoms. The summed E-state index contributed by atoms with van der Waals surface area (Å²) < 4.78 is 41.0. The molecular formula is C12H19F3N6O. The molecule has 2 heterocycles. The third-order valence-corrected chi connectivity index (χ3v) is 3.75. The fourth-order valence-electron chi connectivity index (χ4n) is 2.33. The van der Waals surface area contributed by atoms with Crippen molar-refractivity contribution in [3.05, 3.63) is 11.4 Å². The van der Waals surface area contributed by atoms with Gasteiger partial charge in [-0.2, -0.15) is 13.2 Å². The third-order valence-electron chi connectivity index (χ3n) is 3.75. The van der Waals surface area contributed by atoms with Crippen molar-refractivity contribution in [2.75, 3.05) is 32.7 Å². The first-order chi connectivity index (χ1) is 10.3. The van der Waals surface area contributed by atoms with E-state index in [0.29, 0.717) is 31.9 Å². The minimum absolute atomic E-state index is 0.0451. The van der Waals surface area contributed by atoms with Crippen molar-refractivity contribution < 1.29 is 18.0 Å². The van der Waals surface area contributed by atoms with Crippen molar-refractivity contribution in [1.82, 2.24) is 30.5 Å². The molecule has 0 aromatic carbocycles. The number of nitrogens with one attached hydrogen (secondary N) is 2. The molecule has 1 amide bonds. The Labute approximate surface area is 125 Å². The standard InChI is InChI=1S/C12H19F3N6O/c1-8-10(18-19-20(8)2)11(22)17-7-9(12(13,14)15)21-5-3-16-4-6-21/h9,16H,3-7H2,1-2H3,(H,17,22). The summed E-state index contributed by atoms with van der Waals surface area (Å²) in [6.07, 6.45) is -4.40. The number of rotatable bonds is 4. The summed E-state index contributed by atoms with van der Waals surface area (Å²) in [6, 6.07) is -1.70. The Kier molecular flexibility index (Phi) is 5.01. The fourth-order valence-corrected chi connectivity index (χ4v) is 2.33. The Hall–Kier alpha value is -1.68. The van der Waals surface area contributed by atoms with Gasteiger partial charge in [0.05, 0.1) is 5.69 Å². The Morgan fingerprint density at radius 2 is 2.05 bits per heavy atom. The van der Waals surface area contributed by atoms with Crippen molar-refractivity contribution >= 4 is 5.91 Å². The zero-order valence-electron chi connectivity index (χ0n) is 12.4. The molecule has 1 aliphatic heterocycles. The summed E-state index contributed by atoms with van der Waals surface area (Å²) >= 11 is 0. The predicted molar refractivity (Wildman–Crippen MR) is 72.4 cm³/mol. The molecule has 1 unspecified atom stereocenters. The van der Waals surface area contributed by atoms with Gasteiger partial charge in [-0.25, -0.2) is 0 Å². The second-order valence-electron chi connectivity index (χ2n) is 5.20. The summed E-state index contributed by atoms with van der Waals surface area (Å²) in [7, 11) is 1.61. The maximum atomic E-state index is 13.2. The van der Waals surface area contributed by atoms with Crippen LogP contribution in [0.2, 0.25) is 0 Å². The Balaban J connectivity index is 2.02. The molecule has 22 heavy (non-hydrogen) atoms.